The molecule has 0 spiro atoms. The first-order chi connectivity index (χ1) is 12.1. The molecule has 3 heterocycles. The van der Waals surface area contributed by atoms with Crippen LogP contribution in [0, 0.1) is 5.82 Å². The molecule has 0 amide bonds. The van der Waals surface area contributed by atoms with E-state index >= 15 is 0 Å². The van der Waals surface area contributed by atoms with E-state index in [4.69, 9.17) is 0 Å². The molecule has 0 bridgehead atoms. The molecule has 5 nitrogen and oxygen atoms in total. The summed E-state index contributed by atoms with van der Waals surface area (Å²) < 4.78 is 43.1. The third kappa shape index (κ3) is 2.75. The van der Waals surface area contributed by atoms with Crippen LogP contribution in [0.3, 0.4) is 0 Å². The standard InChI is InChI=1S/C18H16FN3O2S/c19-15-3-5-16(6-4-15)25(23,24)22-13-12-21-11-1-2-17(21)18(22)14-7-9-20-10-8-14/h1-11,18H,12-13H2. The molecule has 1 aromatic carbocycles. The number of aromatic nitrogens is 2. The van der Waals surface area contributed by atoms with Crippen LogP contribution in [0.2, 0.25) is 0 Å². The molecule has 128 valence electrons. The first-order valence-electron chi connectivity index (χ1n) is 7.90. The Balaban J connectivity index is 1.84. The molecule has 3 aromatic rings. The van der Waals surface area contributed by atoms with Crippen molar-refractivity contribution in [1.82, 2.24) is 13.9 Å². The van der Waals surface area contributed by atoms with Gasteiger partial charge in [-0.05, 0) is 54.1 Å². The summed E-state index contributed by atoms with van der Waals surface area (Å²) in [7, 11) is -3.76. The normalized spacial score (nSPS) is 18.0. The number of halogens is 1. The maximum atomic E-state index is 13.2. The van der Waals surface area contributed by atoms with Crippen LogP contribution in [0.4, 0.5) is 4.39 Å². The van der Waals surface area contributed by atoms with E-state index in [-0.39, 0.29) is 4.90 Å². The first kappa shape index (κ1) is 16.0. The lowest BCUT2D eigenvalue weighted by Crippen LogP contribution is -2.42. The van der Waals surface area contributed by atoms with Crippen LogP contribution >= 0.6 is 0 Å². The van der Waals surface area contributed by atoms with Gasteiger partial charge in [0.15, 0.2) is 0 Å². The van der Waals surface area contributed by atoms with Gasteiger partial charge in [0.1, 0.15) is 5.82 Å². The van der Waals surface area contributed by atoms with Crippen molar-refractivity contribution in [2.24, 2.45) is 0 Å². The van der Waals surface area contributed by atoms with Crippen molar-refractivity contribution in [3.63, 3.8) is 0 Å². The Bertz CT molecular complexity index is 985. The number of fused-ring (bicyclic) bond motifs is 1. The topological polar surface area (TPSA) is 55.2 Å². The van der Waals surface area contributed by atoms with Crippen molar-refractivity contribution in [1.29, 1.82) is 0 Å². The highest BCUT2D eigenvalue weighted by Gasteiger charge is 2.37. The molecule has 4 rings (SSSR count). The van der Waals surface area contributed by atoms with Crippen molar-refractivity contribution in [3.8, 4) is 0 Å². The van der Waals surface area contributed by atoms with Crippen molar-refractivity contribution in [2.75, 3.05) is 6.54 Å². The zero-order valence-electron chi connectivity index (χ0n) is 13.3. The average molecular weight is 357 g/mol. The molecule has 0 saturated carbocycles. The van der Waals surface area contributed by atoms with Crippen molar-refractivity contribution < 1.29 is 12.8 Å². The third-order valence-electron chi connectivity index (χ3n) is 4.44. The number of pyridine rings is 1. The number of hydrogen-bond donors (Lipinski definition) is 0. The van der Waals surface area contributed by atoms with E-state index in [9.17, 15) is 12.8 Å². The number of nitrogens with zero attached hydrogens (tertiary/aromatic N) is 3. The number of rotatable bonds is 3. The smallest absolute Gasteiger partial charge is 0.244 e. The highest BCUT2D eigenvalue weighted by Crippen LogP contribution is 2.36. The van der Waals surface area contributed by atoms with Gasteiger partial charge in [0.25, 0.3) is 0 Å². The van der Waals surface area contributed by atoms with E-state index in [0.717, 1.165) is 11.3 Å². The largest absolute Gasteiger partial charge is 0.348 e. The quantitative estimate of drug-likeness (QED) is 0.724. The highest BCUT2D eigenvalue weighted by molar-refractivity contribution is 7.89. The van der Waals surface area contributed by atoms with Gasteiger partial charge < -0.3 is 4.57 Å². The number of sulfonamides is 1. The summed E-state index contributed by atoms with van der Waals surface area (Å²) in [6.07, 6.45) is 5.26. The Morgan fingerprint density at radius 1 is 1.00 bits per heavy atom. The van der Waals surface area contributed by atoms with E-state index in [0.29, 0.717) is 13.1 Å². The SMILES string of the molecule is O=S(=O)(c1ccc(F)cc1)N1CCn2cccc2C1c1ccncc1. The minimum atomic E-state index is -3.76. The Hall–Kier alpha value is -2.51. The maximum absolute atomic E-state index is 13.2. The fourth-order valence-electron chi connectivity index (χ4n) is 3.25. The third-order valence-corrected chi connectivity index (χ3v) is 6.31. The summed E-state index contributed by atoms with van der Waals surface area (Å²) in [5.74, 6) is -0.461. The maximum Gasteiger partial charge on any atom is 0.244 e. The predicted molar refractivity (Wildman–Crippen MR) is 90.8 cm³/mol. The van der Waals surface area contributed by atoms with Crippen LogP contribution < -0.4 is 0 Å². The number of benzene rings is 1. The van der Waals surface area contributed by atoms with E-state index in [2.05, 4.69) is 9.55 Å². The molecule has 7 heteroatoms. The van der Waals surface area contributed by atoms with Gasteiger partial charge in [0, 0.05) is 37.4 Å². The molecule has 0 aliphatic carbocycles. The van der Waals surface area contributed by atoms with Gasteiger partial charge in [-0.1, -0.05) is 0 Å². The predicted octanol–water partition coefficient (Wildman–Crippen LogP) is 2.82. The van der Waals surface area contributed by atoms with Crippen molar-refractivity contribution in [2.45, 2.75) is 17.5 Å². The minimum absolute atomic E-state index is 0.0907. The fraction of sp³-hybridized carbons (Fsp3) is 0.167. The Morgan fingerprint density at radius 2 is 1.72 bits per heavy atom. The molecule has 1 aliphatic heterocycles. The van der Waals surface area contributed by atoms with E-state index in [1.54, 1.807) is 12.4 Å². The second-order valence-corrected chi connectivity index (χ2v) is 7.77. The lowest BCUT2D eigenvalue weighted by molar-refractivity contribution is 0.298. The molecular formula is C18H16FN3O2S. The summed E-state index contributed by atoms with van der Waals surface area (Å²) in [5.41, 5.74) is 1.75. The van der Waals surface area contributed by atoms with Gasteiger partial charge in [-0.3, -0.25) is 4.98 Å². The Labute approximate surface area is 145 Å². The molecule has 0 radical (unpaired) electrons. The molecule has 0 N–H and O–H groups in total. The highest BCUT2D eigenvalue weighted by atomic mass is 32.2. The zero-order chi connectivity index (χ0) is 17.4. The minimum Gasteiger partial charge on any atom is -0.348 e. The second-order valence-electron chi connectivity index (χ2n) is 5.88. The van der Waals surface area contributed by atoms with Crippen LogP contribution in [0.25, 0.3) is 0 Å². The zero-order valence-corrected chi connectivity index (χ0v) is 14.1. The van der Waals surface area contributed by atoms with Crippen LogP contribution in [0.15, 0.2) is 72.0 Å². The lowest BCUT2D eigenvalue weighted by Gasteiger charge is -2.36. The Kier molecular flexibility index (Phi) is 3.89. The van der Waals surface area contributed by atoms with Gasteiger partial charge in [-0.2, -0.15) is 4.31 Å². The fourth-order valence-corrected chi connectivity index (χ4v) is 4.83. The van der Waals surface area contributed by atoms with E-state index in [1.165, 1.54) is 28.6 Å². The van der Waals surface area contributed by atoms with Crippen LogP contribution in [0.1, 0.15) is 17.3 Å². The molecule has 25 heavy (non-hydrogen) atoms. The van der Waals surface area contributed by atoms with Gasteiger partial charge in [-0.15, -0.1) is 0 Å². The first-order valence-corrected chi connectivity index (χ1v) is 9.34. The van der Waals surface area contributed by atoms with Crippen molar-refractivity contribution in [3.05, 3.63) is 84.2 Å². The monoisotopic (exact) mass is 357 g/mol. The second kappa shape index (κ2) is 6.09. The summed E-state index contributed by atoms with van der Waals surface area (Å²) in [6.45, 7) is 0.915. The summed E-state index contributed by atoms with van der Waals surface area (Å²) in [5, 5.41) is 0. The van der Waals surface area contributed by atoms with Gasteiger partial charge >= 0.3 is 0 Å². The summed E-state index contributed by atoms with van der Waals surface area (Å²) >= 11 is 0. The van der Waals surface area contributed by atoms with Crippen molar-refractivity contribution >= 4 is 10.0 Å². The van der Waals surface area contributed by atoms with Gasteiger partial charge in [-0.25, -0.2) is 12.8 Å². The molecular weight excluding hydrogens is 341 g/mol. The number of hydrogen-bond acceptors (Lipinski definition) is 3. The Morgan fingerprint density at radius 3 is 2.44 bits per heavy atom. The molecule has 1 atom stereocenters. The summed E-state index contributed by atoms with van der Waals surface area (Å²) in [4.78, 5) is 4.11. The van der Waals surface area contributed by atoms with E-state index in [1.807, 2.05) is 30.5 Å². The molecule has 2 aromatic heterocycles. The van der Waals surface area contributed by atoms with Gasteiger partial charge in [0.2, 0.25) is 10.0 Å². The molecule has 0 saturated heterocycles. The van der Waals surface area contributed by atoms with E-state index < -0.39 is 21.9 Å². The molecule has 1 aliphatic rings. The lowest BCUT2D eigenvalue weighted by atomic mass is 10.0. The summed E-state index contributed by atoms with van der Waals surface area (Å²) in [6, 6.07) is 12.0. The van der Waals surface area contributed by atoms with Crippen LogP contribution in [0.5, 0.6) is 0 Å². The average Bonchev–Trinajstić information content (AvgIpc) is 3.10. The van der Waals surface area contributed by atoms with Gasteiger partial charge in [0.05, 0.1) is 10.9 Å². The molecule has 1 unspecified atom stereocenters. The van der Waals surface area contributed by atoms with Crippen LogP contribution in [-0.4, -0.2) is 28.8 Å². The van der Waals surface area contributed by atoms with Crippen LogP contribution in [-0.2, 0) is 16.6 Å². The molecule has 0 fully saturated rings.